The minimum Gasteiger partial charge on any atom is -0.464 e. The van der Waals surface area contributed by atoms with Crippen LogP contribution in [0.25, 0.3) is 5.57 Å². The van der Waals surface area contributed by atoms with E-state index in [0.717, 1.165) is 35.3 Å². The average molecular weight is 409 g/mol. The molecule has 0 aromatic carbocycles. The molecule has 2 aliphatic rings. The van der Waals surface area contributed by atoms with Crippen LogP contribution in [0.3, 0.4) is 0 Å². The first-order valence-corrected chi connectivity index (χ1v) is 10.9. The zero-order valence-corrected chi connectivity index (χ0v) is 18.7. The minimum absolute atomic E-state index is 0.324. The van der Waals surface area contributed by atoms with Gasteiger partial charge < -0.3 is 18.9 Å². The molecule has 1 aromatic rings. The summed E-state index contributed by atoms with van der Waals surface area (Å²) < 4.78 is 23.3. The first kappa shape index (κ1) is 21.5. The first-order valence-electron chi connectivity index (χ1n) is 10.1. The second kappa shape index (κ2) is 8.27. The molecule has 0 N–H and O–H groups in total. The summed E-state index contributed by atoms with van der Waals surface area (Å²) in [4.78, 5) is 15.1. The maximum Gasteiger partial charge on any atom is 0.340 e. The molecule has 1 spiro atoms. The van der Waals surface area contributed by atoms with Crippen LogP contribution in [0, 0.1) is 13.8 Å². The fraction of sp³-hybridized carbons (Fsp3) is 0.682. The molecule has 28 heavy (non-hydrogen) atoms. The fourth-order valence-electron chi connectivity index (χ4n) is 4.01. The zero-order chi connectivity index (χ0) is 20.5. The Labute approximate surface area is 172 Å². The predicted octanol–water partition coefficient (Wildman–Crippen LogP) is 5.09. The van der Waals surface area contributed by atoms with Gasteiger partial charge in [-0.05, 0) is 59.1 Å². The van der Waals surface area contributed by atoms with Crippen LogP contribution >= 0.6 is 11.3 Å². The third kappa shape index (κ3) is 4.51. The molecule has 1 aliphatic carbocycles. The van der Waals surface area contributed by atoms with Gasteiger partial charge in [-0.15, -0.1) is 11.3 Å². The van der Waals surface area contributed by atoms with E-state index in [1.54, 1.807) is 11.3 Å². The number of carbonyl (C=O) groups excluding carboxylic acids is 1. The highest BCUT2D eigenvalue weighted by Crippen LogP contribution is 2.45. The van der Waals surface area contributed by atoms with Crippen LogP contribution in [0.2, 0.25) is 0 Å². The highest BCUT2D eigenvalue weighted by Gasteiger charge is 2.40. The molecule has 156 valence electrons. The molecule has 1 atom stereocenters. The Morgan fingerprint density at radius 2 is 1.93 bits per heavy atom. The molecule has 0 amide bonds. The highest BCUT2D eigenvalue weighted by atomic mass is 32.1. The molecule has 3 rings (SSSR count). The van der Waals surface area contributed by atoms with E-state index in [4.69, 9.17) is 18.9 Å². The quantitative estimate of drug-likeness (QED) is 0.635. The number of aryl methyl sites for hydroxylation is 2. The number of hydrogen-bond acceptors (Lipinski definition) is 6. The number of hydrogen-bond donors (Lipinski definition) is 0. The number of rotatable bonds is 5. The summed E-state index contributed by atoms with van der Waals surface area (Å²) in [5, 5.41) is 0. The molecule has 0 saturated carbocycles. The topological polar surface area (TPSA) is 54.0 Å². The third-order valence-corrected chi connectivity index (χ3v) is 6.15. The van der Waals surface area contributed by atoms with Gasteiger partial charge in [0.15, 0.2) is 11.9 Å². The van der Waals surface area contributed by atoms with Crippen molar-refractivity contribution < 1.29 is 23.7 Å². The second-order valence-electron chi connectivity index (χ2n) is 8.41. The van der Waals surface area contributed by atoms with Crippen molar-refractivity contribution in [2.24, 2.45) is 0 Å². The summed E-state index contributed by atoms with van der Waals surface area (Å²) in [6.07, 6.45) is 3.91. The van der Waals surface area contributed by atoms with Gasteiger partial charge in [0.1, 0.15) is 0 Å². The second-order valence-corrected chi connectivity index (χ2v) is 9.84. The van der Waals surface area contributed by atoms with Gasteiger partial charge in [-0.1, -0.05) is 6.08 Å². The van der Waals surface area contributed by atoms with Crippen LogP contribution in [-0.2, 0) is 23.7 Å². The van der Waals surface area contributed by atoms with Crippen LogP contribution in [-0.4, -0.2) is 37.2 Å². The van der Waals surface area contributed by atoms with Crippen molar-refractivity contribution in [3.8, 4) is 0 Å². The lowest BCUT2D eigenvalue weighted by Crippen LogP contribution is -2.32. The van der Waals surface area contributed by atoms with Gasteiger partial charge in [-0.25, -0.2) is 4.79 Å². The van der Waals surface area contributed by atoms with Gasteiger partial charge in [0.05, 0.1) is 25.4 Å². The summed E-state index contributed by atoms with van der Waals surface area (Å²) in [7, 11) is 0. The first-order chi connectivity index (χ1) is 13.2. The van der Waals surface area contributed by atoms with E-state index in [2.05, 4.69) is 19.9 Å². The summed E-state index contributed by atoms with van der Waals surface area (Å²) in [6, 6.07) is 0. The number of thiophene rings is 1. The van der Waals surface area contributed by atoms with E-state index >= 15 is 0 Å². The molecule has 1 unspecified atom stereocenters. The van der Waals surface area contributed by atoms with Crippen LogP contribution in [0.5, 0.6) is 0 Å². The van der Waals surface area contributed by atoms with Crippen molar-refractivity contribution in [2.75, 3.05) is 19.8 Å². The van der Waals surface area contributed by atoms with Crippen molar-refractivity contribution >= 4 is 22.9 Å². The van der Waals surface area contributed by atoms with E-state index in [-0.39, 0.29) is 5.97 Å². The van der Waals surface area contributed by atoms with Gasteiger partial charge in [-0.2, -0.15) is 0 Å². The summed E-state index contributed by atoms with van der Waals surface area (Å²) >= 11 is 1.71. The molecule has 1 saturated heterocycles. The third-order valence-electron chi connectivity index (χ3n) is 5.11. The van der Waals surface area contributed by atoms with Crippen LogP contribution in [0.4, 0.5) is 0 Å². The van der Waals surface area contributed by atoms with Crippen molar-refractivity contribution in [3.05, 3.63) is 27.0 Å². The van der Waals surface area contributed by atoms with Gasteiger partial charge in [0.2, 0.25) is 0 Å². The molecule has 1 aromatic heterocycles. The Kier molecular flexibility index (Phi) is 6.35. The Bertz CT molecular complexity index is 750. The normalized spacial score (nSPS) is 20.3. The largest absolute Gasteiger partial charge is 0.464 e. The maximum atomic E-state index is 12.8. The van der Waals surface area contributed by atoms with Crippen molar-refractivity contribution in [1.29, 1.82) is 0 Å². The molecule has 0 bridgehead atoms. The SMILES string of the molecule is CCOC(=O)C(OC(C)(C)C)c1c(C)sc(C)c1C1=CCC2(CC1)OCCO2. The molecular weight excluding hydrogens is 376 g/mol. The zero-order valence-electron chi connectivity index (χ0n) is 17.8. The van der Waals surface area contributed by atoms with Crippen molar-refractivity contribution in [3.63, 3.8) is 0 Å². The van der Waals surface area contributed by atoms with Gasteiger partial charge in [0.25, 0.3) is 0 Å². The van der Waals surface area contributed by atoms with Crippen molar-refractivity contribution in [2.45, 2.75) is 78.3 Å². The Morgan fingerprint density at radius 1 is 1.25 bits per heavy atom. The van der Waals surface area contributed by atoms with Crippen LogP contribution < -0.4 is 0 Å². The maximum absolute atomic E-state index is 12.8. The van der Waals surface area contributed by atoms with Gasteiger partial charge >= 0.3 is 5.97 Å². The standard InChI is InChI=1S/C22H32O5S/c1-7-24-20(23)19(27-21(4,5)6)18-15(3)28-14(2)17(18)16-8-10-22(11-9-16)25-12-13-26-22/h8,19H,7,9-13H2,1-6H3. The Morgan fingerprint density at radius 3 is 2.46 bits per heavy atom. The Hall–Kier alpha value is -1.21. The lowest BCUT2D eigenvalue weighted by Gasteiger charge is -2.32. The monoisotopic (exact) mass is 408 g/mol. The van der Waals surface area contributed by atoms with E-state index in [9.17, 15) is 4.79 Å². The van der Waals surface area contributed by atoms with Gasteiger partial charge in [0, 0.05) is 28.2 Å². The van der Waals surface area contributed by atoms with E-state index in [0.29, 0.717) is 19.8 Å². The number of esters is 1. The lowest BCUT2D eigenvalue weighted by atomic mass is 9.86. The Balaban J connectivity index is 1.99. The predicted molar refractivity (Wildman–Crippen MR) is 110 cm³/mol. The number of carbonyl (C=O) groups is 1. The van der Waals surface area contributed by atoms with E-state index in [1.165, 1.54) is 10.5 Å². The smallest absolute Gasteiger partial charge is 0.340 e. The number of ether oxygens (including phenoxy) is 4. The molecule has 5 nitrogen and oxygen atoms in total. The van der Waals surface area contributed by atoms with E-state index < -0.39 is 17.5 Å². The molecule has 0 radical (unpaired) electrons. The summed E-state index contributed by atoms with van der Waals surface area (Å²) in [6.45, 7) is 13.5. The molecule has 2 heterocycles. The summed E-state index contributed by atoms with van der Waals surface area (Å²) in [5.74, 6) is -0.777. The van der Waals surface area contributed by atoms with Crippen molar-refractivity contribution in [1.82, 2.24) is 0 Å². The molecule has 1 aliphatic heterocycles. The average Bonchev–Trinajstić information content (AvgIpc) is 3.17. The number of allylic oxidation sites excluding steroid dienone is 1. The van der Waals surface area contributed by atoms with Crippen LogP contribution in [0.1, 0.15) is 73.9 Å². The highest BCUT2D eigenvalue weighted by molar-refractivity contribution is 7.12. The lowest BCUT2D eigenvalue weighted by molar-refractivity contribution is -0.167. The van der Waals surface area contributed by atoms with E-state index in [1.807, 2.05) is 27.7 Å². The molecular formula is C22H32O5S. The fourth-order valence-corrected chi connectivity index (χ4v) is 5.13. The summed E-state index contributed by atoms with van der Waals surface area (Å²) in [5.41, 5.74) is 2.87. The van der Waals surface area contributed by atoms with Crippen LogP contribution in [0.15, 0.2) is 6.08 Å². The van der Waals surface area contributed by atoms with Gasteiger partial charge in [-0.3, -0.25) is 0 Å². The molecule has 1 fully saturated rings. The molecule has 6 heteroatoms. The minimum atomic E-state index is -0.726.